The summed E-state index contributed by atoms with van der Waals surface area (Å²) in [5.41, 5.74) is 16.6. The monoisotopic (exact) mass is 802 g/mol. The molecule has 0 spiro atoms. The molecule has 0 radical (unpaired) electrons. The predicted octanol–water partition coefficient (Wildman–Crippen LogP) is 6.85. The molecule has 63 heavy (non-hydrogen) atoms. The van der Waals surface area contributed by atoms with Crippen LogP contribution in [-0.4, -0.2) is 24.7 Å². The lowest BCUT2D eigenvalue weighted by Gasteiger charge is -2.44. The summed E-state index contributed by atoms with van der Waals surface area (Å²) in [5.74, 6) is 6.75. The third-order valence-electron chi connectivity index (χ3n) is 14.4. The van der Waals surface area contributed by atoms with Crippen LogP contribution in [0.1, 0.15) is 0 Å². The first-order chi connectivity index (χ1) is 31.3. The van der Waals surface area contributed by atoms with Crippen LogP contribution < -0.4 is 73.0 Å². The maximum absolute atomic E-state index is 7.42. The van der Waals surface area contributed by atoms with Crippen LogP contribution in [-0.2, 0) is 0 Å². The van der Waals surface area contributed by atoms with Crippen LogP contribution in [0.2, 0.25) is 0 Å². The minimum absolute atomic E-state index is 0.0866. The van der Waals surface area contributed by atoms with E-state index >= 15 is 0 Å². The van der Waals surface area contributed by atoms with Gasteiger partial charge in [0.25, 0.3) is 20.1 Å². The molecular weight excluding hydrogens is 773 g/mol. The first-order valence-corrected chi connectivity index (χ1v) is 21.7. The first kappa shape index (κ1) is 32.7. The van der Waals surface area contributed by atoms with Gasteiger partial charge in [-0.2, -0.15) is 0 Å². The normalized spacial score (nSPS) is 14.4. The fourth-order valence-electron chi connectivity index (χ4n) is 12.1. The summed E-state index contributed by atoms with van der Waals surface area (Å²) >= 11 is 0. The lowest BCUT2D eigenvalue weighted by molar-refractivity contribution is 0.466. The molecular formula is C54H29B3N2O4. The molecule has 288 valence electrons. The molecule has 9 aromatic carbocycles. The van der Waals surface area contributed by atoms with Crippen LogP contribution in [0.5, 0.6) is 46.0 Å². The zero-order chi connectivity index (χ0) is 40.7. The molecule has 0 saturated heterocycles. The van der Waals surface area contributed by atoms with Gasteiger partial charge in [-0.05, 0) is 86.8 Å². The molecule has 6 nitrogen and oxygen atoms in total. The van der Waals surface area contributed by atoms with Crippen LogP contribution in [0.3, 0.4) is 0 Å². The maximum Gasteiger partial charge on any atom is 0.261 e. The van der Waals surface area contributed by atoms with E-state index in [1.54, 1.807) is 0 Å². The number of ether oxygens (including phenoxy) is 4. The van der Waals surface area contributed by atoms with E-state index in [9.17, 15) is 0 Å². The molecule has 9 heteroatoms. The minimum Gasteiger partial charge on any atom is -0.459 e. The van der Waals surface area contributed by atoms with E-state index in [2.05, 4.69) is 185 Å². The molecule has 0 aliphatic carbocycles. The van der Waals surface area contributed by atoms with Gasteiger partial charge < -0.3 is 28.4 Å². The van der Waals surface area contributed by atoms with Crippen molar-refractivity contribution in [2.45, 2.75) is 0 Å². The van der Waals surface area contributed by atoms with Crippen LogP contribution in [0.25, 0.3) is 27.5 Å². The van der Waals surface area contributed by atoms with Crippen LogP contribution in [0.4, 0.5) is 17.1 Å². The molecule has 0 bridgehead atoms. The molecule has 0 fully saturated rings. The van der Waals surface area contributed by atoms with Crippen LogP contribution in [0.15, 0.2) is 176 Å². The molecule has 1 aromatic heterocycles. The van der Waals surface area contributed by atoms with Crippen molar-refractivity contribution in [3.05, 3.63) is 176 Å². The number of aromatic nitrogens is 1. The third-order valence-corrected chi connectivity index (χ3v) is 14.4. The number of hydrogen-bond acceptors (Lipinski definition) is 5. The van der Waals surface area contributed by atoms with E-state index in [1.807, 2.05) is 0 Å². The number of fused-ring (bicyclic) bond motifs is 18. The summed E-state index contributed by atoms with van der Waals surface area (Å²) in [6, 6.07) is 62.7. The van der Waals surface area contributed by atoms with Gasteiger partial charge in [-0.25, -0.2) is 0 Å². The summed E-state index contributed by atoms with van der Waals surface area (Å²) in [6.07, 6.45) is 0. The van der Waals surface area contributed by atoms with E-state index in [0.717, 1.165) is 118 Å². The van der Waals surface area contributed by atoms with Crippen molar-refractivity contribution in [1.29, 1.82) is 0 Å². The largest absolute Gasteiger partial charge is 0.459 e. The zero-order valence-electron chi connectivity index (χ0n) is 33.5. The number of rotatable bonds is 1. The Bertz CT molecular complexity index is 3730. The predicted molar refractivity (Wildman–Crippen MR) is 255 cm³/mol. The van der Waals surface area contributed by atoms with Crippen molar-refractivity contribution in [3.63, 3.8) is 0 Å². The fraction of sp³-hybridized carbons (Fsp3) is 0. The zero-order valence-corrected chi connectivity index (χ0v) is 33.5. The second-order valence-electron chi connectivity index (χ2n) is 17.4. The number of nitrogens with zero attached hydrogens (tertiary/aromatic N) is 2. The number of para-hydroxylation sites is 6. The molecule has 7 heterocycles. The summed E-state index contributed by atoms with van der Waals surface area (Å²) in [6.45, 7) is -0.486. The second kappa shape index (κ2) is 11.5. The van der Waals surface area contributed by atoms with Gasteiger partial charge in [-0.3, -0.25) is 0 Å². The van der Waals surface area contributed by atoms with Gasteiger partial charge in [0.1, 0.15) is 46.0 Å². The summed E-state index contributed by atoms with van der Waals surface area (Å²) in [7, 11) is 0. The van der Waals surface area contributed by atoms with Crippen molar-refractivity contribution < 1.29 is 18.9 Å². The first-order valence-electron chi connectivity index (χ1n) is 21.7. The Morgan fingerprint density at radius 3 is 1.43 bits per heavy atom. The van der Waals surface area contributed by atoms with E-state index in [0.29, 0.717) is 0 Å². The van der Waals surface area contributed by atoms with E-state index in [4.69, 9.17) is 18.9 Å². The van der Waals surface area contributed by atoms with E-state index < -0.39 is 0 Å². The van der Waals surface area contributed by atoms with Crippen molar-refractivity contribution in [1.82, 2.24) is 4.57 Å². The SMILES string of the molecule is c1ccc(N2c3cc4c5c(c3B3c6c(cc7c8c6Oc6ccccc6B8c6ccccc6O7)-n6c7ccccc7c7ccc2c3c76)Oc2ccccc2B5c2ccccc2O4)cc1. The van der Waals surface area contributed by atoms with Crippen molar-refractivity contribution in [2.75, 3.05) is 4.90 Å². The molecule has 16 rings (SSSR count). The topological polar surface area (TPSA) is 45.1 Å². The van der Waals surface area contributed by atoms with Crippen molar-refractivity contribution in [3.8, 4) is 51.7 Å². The van der Waals surface area contributed by atoms with Gasteiger partial charge >= 0.3 is 0 Å². The Kier molecular flexibility index (Phi) is 5.95. The molecule has 0 saturated carbocycles. The lowest BCUT2D eigenvalue weighted by Crippen LogP contribution is -2.66. The van der Waals surface area contributed by atoms with Gasteiger partial charge in [-0.1, -0.05) is 115 Å². The molecule has 6 aliphatic rings. The molecule has 0 atom stereocenters. The Morgan fingerprint density at radius 2 is 0.825 bits per heavy atom. The standard InChI is InChI=1S/C54H29B3N2O4/c1-2-14-30(15-3-1)58-38-27-26-32-31-16-4-9-21-37(31)59-40-29-46-51-54(63-44-25-13-8-20-36(44)56(51)34-18-6-11-23-42(34)61-46)49(40)57(47(38)52(32)59)48-39(58)28-45-50-53(48)62-43-24-12-7-19-35(43)55(50)33-17-5-10-22-41(33)60-45/h1-29H. The molecule has 0 N–H and O–H groups in total. The average Bonchev–Trinajstić information content (AvgIpc) is 3.68. The molecule has 0 amide bonds. The van der Waals surface area contributed by atoms with Crippen LogP contribution in [0, 0.1) is 0 Å². The lowest BCUT2D eigenvalue weighted by atomic mass is 9.29. The number of anilines is 3. The molecule has 10 aromatic rings. The number of hydrogen-bond donors (Lipinski definition) is 0. The smallest absolute Gasteiger partial charge is 0.261 e. The molecule has 6 aliphatic heterocycles. The Morgan fingerprint density at radius 1 is 0.333 bits per heavy atom. The quantitative estimate of drug-likeness (QED) is 0.170. The highest BCUT2D eigenvalue weighted by Crippen LogP contribution is 2.48. The van der Waals surface area contributed by atoms with E-state index in [1.165, 1.54) is 21.8 Å². The summed E-state index contributed by atoms with van der Waals surface area (Å²) < 4.78 is 31.3. The Hall–Kier alpha value is -8.03. The Balaban J connectivity index is 1.10. The minimum atomic E-state index is -0.308. The van der Waals surface area contributed by atoms with Crippen LogP contribution >= 0.6 is 0 Å². The highest BCUT2D eigenvalue weighted by Gasteiger charge is 2.52. The second-order valence-corrected chi connectivity index (χ2v) is 17.4. The highest BCUT2D eigenvalue weighted by molar-refractivity contribution is 7.05. The van der Waals surface area contributed by atoms with E-state index in [-0.39, 0.29) is 20.1 Å². The van der Waals surface area contributed by atoms with Gasteiger partial charge in [0, 0.05) is 56.6 Å². The van der Waals surface area contributed by atoms with Gasteiger partial charge in [0.2, 0.25) is 0 Å². The highest BCUT2D eigenvalue weighted by atomic mass is 16.5. The average molecular weight is 802 g/mol. The van der Waals surface area contributed by atoms with Gasteiger partial charge in [-0.15, -0.1) is 0 Å². The van der Waals surface area contributed by atoms with Crippen molar-refractivity contribution >= 4 is 108 Å². The van der Waals surface area contributed by atoms with Crippen molar-refractivity contribution in [2.24, 2.45) is 0 Å². The maximum atomic E-state index is 7.42. The third kappa shape index (κ3) is 3.96. The summed E-state index contributed by atoms with van der Waals surface area (Å²) in [4.78, 5) is 2.43. The Labute approximate surface area is 362 Å². The molecule has 0 unspecified atom stereocenters. The summed E-state index contributed by atoms with van der Waals surface area (Å²) in [5, 5.41) is 2.40. The number of benzene rings is 9. The fourth-order valence-corrected chi connectivity index (χ4v) is 12.1. The van der Waals surface area contributed by atoms with Gasteiger partial charge in [0.05, 0.1) is 11.0 Å². The van der Waals surface area contributed by atoms with Gasteiger partial charge in [0.15, 0.2) is 0 Å².